The molecule has 0 amide bonds. The first kappa shape index (κ1) is 31.5. The molecule has 0 atom stereocenters. The van der Waals surface area contributed by atoms with Crippen LogP contribution in [0.5, 0.6) is 0 Å². The molecule has 2 N–H and O–H groups in total. The fourth-order valence-corrected chi connectivity index (χ4v) is 2.49. The Morgan fingerprint density at radius 1 is 0.531 bits per heavy atom. The van der Waals surface area contributed by atoms with Gasteiger partial charge in [0.2, 0.25) is 0 Å². The maximum absolute atomic E-state index is 10.9. The van der Waals surface area contributed by atoms with Crippen LogP contribution in [-0.2, 0) is 28.7 Å². The number of carboxylic acid groups (broad SMARTS) is 2. The highest BCUT2D eigenvalue weighted by Gasteiger charge is 1.99. The molecular formula is C24H40O8. The standard InChI is InChI=1S/2C12H20O4/c2*1-2-3-4-5-6-7-10-16-12(15)9-8-11(13)14/h2*8-9H,2-7,10H2,1H3,(H,13,14)/b2*9-8-. The third-order valence-electron chi connectivity index (χ3n) is 4.21. The summed E-state index contributed by atoms with van der Waals surface area (Å²) in [6.45, 7) is 5.07. The van der Waals surface area contributed by atoms with Crippen LogP contribution in [0.1, 0.15) is 90.9 Å². The second-order valence-corrected chi connectivity index (χ2v) is 7.21. The van der Waals surface area contributed by atoms with Gasteiger partial charge in [0, 0.05) is 24.3 Å². The van der Waals surface area contributed by atoms with Gasteiger partial charge >= 0.3 is 23.9 Å². The summed E-state index contributed by atoms with van der Waals surface area (Å²) < 4.78 is 9.62. The van der Waals surface area contributed by atoms with Crippen LogP contribution in [0.2, 0.25) is 0 Å². The van der Waals surface area contributed by atoms with Crippen molar-refractivity contribution in [1.82, 2.24) is 0 Å². The highest BCUT2D eigenvalue weighted by atomic mass is 16.5. The van der Waals surface area contributed by atoms with Gasteiger partial charge in [-0.05, 0) is 12.8 Å². The quantitative estimate of drug-likeness (QED) is 0.166. The van der Waals surface area contributed by atoms with E-state index in [9.17, 15) is 19.2 Å². The van der Waals surface area contributed by atoms with Crippen LogP contribution in [0, 0.1) is 0 Å². The second-order valence-electron chi connectivity index (χ2n) is 7.21. The van der Waals surface area contributed by atoms with Gasteiger partial charge in [0.1, 0.15) is 0 Å². The number of carboxylic acids is 2. The highest BCUT2D eigenvalue weighted by molar-refractivity contribution is 5.91. The predicted octanol–water partition coefficient (Wildman–Crippen LogP) is 5.06. The number of aliphatic carboxylic acids is 2. The molecule has 0 fully saturated rings. The van der Waals surface area contributed by atoms with E-state index in [0.717, 1.165) is 62.8 Å². The van der Waals surface area contributed by atoms with E-state index >= 15 is 0 Å². The summed E-state index contributed by atoms with van der Waals surface area (Å²) in [5.41, 5.74) is 0. The van der Waals surface area contributed by atoms with Crippen molar-refractivity contribution in [1.29, 1.82) is 0 Å². The van der Waals surface area contributed by atoms with Crippen molar-refractivity contribution in [3.05, 3.63) is 24.3 Å². The first-order valence-corrected chi connectivity index (χ1v) is 11.5. The van der Waals surface area contributed by atoms with Crippen LogP contribution in [0.25, 0.3) is 0 Å². The number of esters is 2. The van der Waals surface area contributed by atoms with Crippen LogP contribution in [0.3, 0.4) is 0 Å². The molecule has 0 aromatic rings. The summed E-state index contributed by atoms with van der Waals surface area (Å²) in [5.74, 6) is -3.46. The van der Waals surface area contributed by atoms with Crippen molar-refractivity contribution < 1.29 is 38.9 Å². The molecule has 0 aliphatic carbocycles. The molecule has 0 unspecified atom stereocenters. The molecule has 0 heterocycles. The Labute approximate surface area is 191 Å². The molecule has 8 heteroatoms. The Balaban J connectivity index is 0. The van der Waals surface area contributed by atoms with E-state index in [2.05, 4.69) is 13.8 Å². The minimum absolute atomic E-state index is 0.370. The molecule has 0 saturated carbocycles. The number of carbonyl (C=O) groups is 4. The summed E-state index contributed by atoms with van der Waals surface area (Å²) in [4.78, 5) is 42.0. The zero-order valence-corrected chi connectivity index (χ0v) is 19.6. The van der Waals surface area contributed by atoms with Gasteiger partial charge in [-0.3, -0.25) is 0 Å². The topological polar surface area (TPSA) is 127 Å². The van der Waals surface area contributed by atoms with Crippen molar-refractivity contribution in [3.63, 3.8) is 0 Å². The van der Waals surface area contributed by atoms with Crippen molar-refractivity contribution in [2.45, 2.75) is 90.9 Å². The molecule has 184 valence electrons. The van der Waals surface area contributed by atoms with Gasteiger partial charge in [0.15, 0.2) is 0 Å². The molecule has 0 aliphatic heterocycles. The van der Waals surface area contributed by atoms with Gasteiger partial charge in [0.25, 0.3) is 0 Å². The number of carbonyl (C=O) groups excluding carboxylic acids is 2. The minimum Gasteiger partial charge on any atom is -0.478 e. The van der Waals surface area contributed by atoms with Crippen molar-refractivity contribution >= 4 is 23.9 Å². The summed E-state index contributed by atoms with van der Waals surface area (Å²) in [6.07, 6.45) is 16.9. The summed E-state index contributed by atoms with van der Waals surface area (Å²) >= 11 is 0. The normalized spacial score (nSPS) is 10.6. The van der Waals surface area contributed by atoms with Crippen LogP contribution >= 0.6 is 0 Å². The van der Waals surface area contributed by atoms with E-state index in [0.29, 0.717) is 13.2 Å². The lowest BCUT2D eigenvalue weighted by molar-refractivity contribution is -0.139. The molecule has 0 bridgehead atoms. The SMILES string of the molecule is CCCCCCCCOC(=O)/C=C\C(=O)O.CCCCCCCCOC(=O)/C=C\C(=O)O. The Bertz CT molecular complexity index is 516. The predicted molar refractivity (Wildman–Crippen MR) is 122 cm³/mol. The van der Waals surface area contributed by atoms with E-state index in [1.54, 1.807) is 0 Å². The van der Waals surface area contributed by atoms with Crippen molar-refractivity contribution in [2.75, 3.05) is 13.2 Å². The molecule has 0 aromatic heterocycles. The van der Waals surface area contributed by atoms with Gasteiger partial charge in [-0.1, -0.05) is 78.1 Å². The summed E-state index contributed by atoms with van der Waals surface area (Å²) in [7, 11) is 0. The van der Waals surface area contributed by atoms with E-state index in [-0.39, 0.29) is 0 Å². The van der Waals surface area contributed by atoms with Gasteiger partial charge in [-0.2, -0.15) is 0 Å². The van der Waals surface area contributed by atoms with Gasteiger partial charge in [0.05, 0.1) is 13.2 Å². The molecule has 0 spiro atoms. The Kier molecular flexibility index (Phi) is 24.3. The second kappa shape index (κ2) is 24.6. The molecule has 0 rings (SSSR count). The van der Waals surface area contributed by atoms with Crippen LogP contribution in [-0.4, -0.2) is 47.3 Å². The molecule has 8 nitrogen and oxygen atoms in total. The fraction of sp³-hybridized carbons (Fsp3) is 0.667. The number of unbranched alkanes of at least 4 members (excludes halogenated alkanes) is 10. The Morgan fingerprint density at radius 3 is 1.16 bits per heavy atom. The average Bonchev–Trinajstić information content (AvgIpc) is 2.75. The van der Waals surface area contributed by atoms with E-state index in [1.165, 1.54) is 38.5 Å². The molecule has 0 aliphatic rings. The maximum atomic E-state index is 10.9. The number of hydrogen-bond acceptors (Lipinski definition) is 6. The molecule has 0 saturated heterocycles. The molecule has 0 radical (unpaired) electrons. The van der Waals surface area contributed by atoms with Crippen molar-refractivity contribution in [2.24, 2.45) is 0 Å². The summed E-state index contributed by atoms with van der Waals surface area (Å²) in [6, 6.07) is 0. The monoisotopic (exact) mass is 456 g/mol. The van der Waals surface area contributed by atoms with Crippen LogP contribution in [0.4, 0.5) is 0 Å². The maximum Gasteiger partial charge on any atom is 0.331 e. The largest absolute Gasteiger partial charge is 0.478 e. The first-order valence-electron chi connectivity index (χ1n) is 11.5. The zero-order valence-electron chi connectivity index (χ0n) is 19.6. The van der Waals surface area contributed by atoms with E-state index in [1.807, 2.05) is 0 Å². The smallest absolute Gasteiger partial charge is 0.331 e. The first-order chi connectivity index (χ1) is 15.3. The average molecular weight is 457 g/mol. The lowest BCUT2D eigenvalue weighted by Crippen LogP contribution is -2.03. The molecule has 32 heavy (non-hydrogen) atoms. The van der Waals surface area contributed by atoms with E-state index < -0.39 is 23.9 Å². The minimum atomic E-state index is -1.14. The van der Waals surface area contributed by atoms with Crippen molar-refractivity contribution in [3.8, 4) is 0 Å². The molecular weight excluding hydrogens is 416 g/mol. The third-order valence-corrected chi connectivity index (χ3v) is 4.21. The van der Waals surface area contributed by atoms with Gasteiger partial charge in [-0.15, -0.1) is 0 Å². The number of rotatable bonds is 18. The lowest BCUT2D eigenvalue weighted by atomic mass is 10.1. The zero-order chi connectivity index (χ0) is 24.5. The lowest BCUT2D eigenvalue weighted by Gasteiger charge is -2.01. The Morgan fingerprint density at radius 2 is 0.844 bits per heavy atom. The highest BCUT2D eigenvalue weighted by Crippen LogP contribution is 2.05. The Hall–Kier alpha value is -2.64. The molecule has 0 aromatic carbocycles. The third kappa shape index (κ3) is 29.6. The number of hydrogen-bond donors (Lipinski definition) is 2. The van der Waals surface area contributed by atoms with Crippen LogP contribution in [0.15, 0.2) is 24.3 Å². The van der Waals surface area contributed by atoms with Gasteiger partial charge < -0.3 is 19.7 Å². The summed E-state index contributed by atoms with van der Waals surface area (Å²) in [5, 5.41) is 16.5. The van der Waals surface area contributed by atoms with Crippen LogP contribution < -0.4 is 0 Å². The van der Waals surface area contributed by atoms with Gasteiger partial charge in [-0.25, -0.2) is 19.2 Å². The van der Waals surface area contributed by atoms with E-state index in [4.69, 9.17) is 19.7 Å². The number of ether oxygens (including phenoxy) is 2. The fourth-order valence-electron chi connectivity index (χ4n) is 2.49.